The Kier molecular flexibility index (Phi) is 4.55. The topological polar surface area (TPSA) is 68.0 Å². The summed E-state index contributed by atoms with van der Waals surface area (Å²) in [7, 11) is 0. The molecule has 1 amide bonds. The van der Waals surface area contributed by atoms with Gasteiger partial charge < -0.3 is 11.1 Å². The number of anilines is 1. The lowest BCUT2D eigenvalue weighted by molar-refractivity contribution is 0.0954. The maximum Gasteiger partial charge on any atom is 0.251 e. The third kappa shape index (κ3) is 4.04. The largest absolute Gasteiger partial charge is 0.399 e. The molecule has 0 unspecified atom stereocenters. The normalized spacial score (nSPS) is 10.4. The fourth-order valence-electron chi connectivity index (χ4n) is 1.65. The molecule has 0 aliphatic carbocycles. The van der Waals surface area contributed by atoms with Gasteiger partial charge in [-0.1, -0.05) is 15.9 Å². The van der Waals surface area contributed by atoms with Crippen molar-refractivity contribution in [1.29, 1.82) is 0 Å². The molecule has 0 spiro atoms. The Morgan fingerprint density at radius 1 is 1.47 bits per heavy atom. The molecule has 0 saturated heterocycles. The lowest BCUT2D eigenvalue weighted by Crippen LogP contribution is -2.25. The van der Waals surface area contributed by atoms with Crippen molar-refractivity contribution in [2.75, 3.05) is 12.3 Å². The number of aromatic nitrogens is 1. The van der Waals surface area contributed by atoms with E-state index in [9.17, 15) is 4.79 Å². The molecule has 0 saturated carbocycles. The van der Waals surface area contributed by atoms with E-state index < -0.39 is 0 Å². The van der Waals surface area contributed by atoms with Crippen LogP contribution in [0.25, 0.3) is 0 Å². The molecule has 100 valence electrons. The molecule has 2 rings (SSSR count). The number of aryl methyl sites for hydroxylation is 1. The average molecular weight is 340 g/mol. The molecule has 0 aliphatic rings. The number of hydrogen-bond acceptors (Lipinski definition) is 4. The smallest absolute Gasteiger partial charge is 0.251 e. The van der Waals surface area contributed by atoms with Crippen molar-refractivity contribution < 1.29 is 4.79 Å². The second-order valence-corrected chi connectivity index (χ2v) is 6.02. The van der Waals surface area contributed by atoms with Crippen LogP contribution in [0.2, 0.25) is 0 Å². The van der Waals surface area contributed by atoms with Crippen molar-refractivity contribution in [2.24, 2.45) is 0 Å². The third-order valence-electron chi connectivity index (χ3n) is 2.47. The van der Waals surface area contributed by atoms with Crippen LogP contribution in [-0.4, -0.2) is 17.4 Å². The van der Waals surface area contributed by atoms with Crippen LogP contribution < -0.4 is 11.1 Å². The van der Waals surface area contributed by atoms with E-state index in [1.54, 1.807) is 29.5 Å². The Hall–Kier alpha value is -1.40. The summed E-state index contributed by atoms with van der Waals surface area (Å²) in [6.45, 7) is 2.53. The second-order valence-electron chi connectivity index (χ2n) is 4.16. The Labute approximate surface area is 124 Å². The minimum Gasteiger partial charge on any atom is -0.399 e. The lowest BCUT2D eigenvalue weighted by atomic mass is 10.2. The first-order chi connectivity index (χ1) is 9.04. The highest BCUT2D eigenvalue weighted by atomic mass is 79.9. The van der Waals surface area contributed by atoms with Crippen molar-refractivity contribution in [2.45, 2.75) is 13.3 Å². The van der Waals surface area contributed by atoms with Crippen LogP contribution >= 0.6 is 27.3 Å². The van der Waals surface area contributed by atoms with Gasteiger partial charge in [0.1, 0.15) is 0 Å². The van der Waals surface area contributed by atoms with Crippen LogP contribution in [0.4, 0.5) is 5.69 Å². The van der Waals surface area contributed by atoms with Gasteiger partial charge in [0.05, 0.1) is 5.01 Å². The molecule has 1 aromatic heterocycles. The number of amides is 1. The summed E-state index contributed by atoms with van der Waals surface area (Å²) in [6, 6.07) is 5.17. The van der Waals surface area contributed by atoms with E-state index in [4.69, 9.17) is 5.73 Å². The fraction of sp³-hybridized carbons (Fsp3) is 0.231. The van der Waals surface area contributed by atoms with E-state index in [0.717, 1.165) is 21.6 Å². The summed E-state index contributed by atoms with van der Waals surface area (Å²) in [4.78, 5) is 16.3. The number of nitrogens with zero attached hydrogens (tertiary/aromatic N) is 1. The molecule has 3 N–H and O–H groups in total. The quantitative estimate of drug-likeness (QED) is 0.841. The zero-order valence-electron chi connectivity index (χ0n) is 10.4. The first-order valence-corrected chi connectivity index (χ1v) is 7.47. The zero-order valence-corrected chi connectivity index (χ0v) is 12.8. The number of halogens is 1. The van der Waals surface area contributed by atoms with Crippen LogP contribution in [-0.2, 0) is 6.42 Å². The lowest BCUT2D eigenvalue weighted by Gasteiger charge is -2.05. The van der Waals surface area contributed by atoms with Gasteiger partial charge >= 0.3 is 0 Å². The van der Waals surface area contributed by atoms with Gasteiger partial charge in [0.25, 0.3) is 5.91 Å². The molecule has 1 aromatic carbocycles. The number of thiazole rings is 1. The van der Waals surface area contributed by atoms with E-state index in [1.165, 1.54) is 0 Å². The molecular formula is C13H14BrN3OS. The van der Waals surface area contributed by atoms with Crippen LogP contribution in [0, 0.1) is 6.92 Å². The zero-order chi connectivity index (χ0) is 13.8. The maximum atomic E-state index is 11.9. The van der Waals surface area contributed by atoms with E-state index in [-0.39, 0.29) is 5.91 Å². The fourth-order valence-corrected chi connectivity index (χ4v) is 2.93. The van der Waals surface area contributed by atoms with Crippen molar-refractivity contribution in [1.82, 2.24) is 10.3 Å². The van der Waals surface area contributed by atoms with Gasteiger partial charge in [-0.2, -0.15) is 0 Å². The van der Waals surface area contributed by atoms with E-state index in [0.29, 0.717) is 17.8 Å². The Balaban J connectivity index is 1.90. The first-order valence-electron chi connectivity index (χ1n) is 5.80. The van der Waals surface area contributed by atoms with Crippen molar-refractivity contribution >= 4 is 38.9 Å². The summed E-state index contributed by atoms with van der Waals surface area (Å²) in [6.07, 6.45) is 0.744. The Bertz CT molecular complexity index is 577. The summed E-state index contributed by atoms with van der Waals surface area (Å²) in [5.41, 5.74) is 7.84. The minimum atomic E-state index is -0.124. The molecule has 0 fully saturated rings. The number of carbonyl (C=O) groups excluding carboxylic acids is 1. The molecule has 6 heteroatoms. The monoisotopic (exact) mass is 339 g/mol. The predicted octanol–water partition coefficient (Wildman–Crippen LogP) is 2.77. The second kappa shape index (κ2) is 6.16. The molecule has 1 heterocycles. The van der Waals surface area contributed by atoms with Crippen molar-refractivity contribution in [3.05, 3.63) is 44.3 Å². The molecule has 4 nitrogen and oxygen atoms in total. The SMILES string of the molecule is Cc1csc(CCNC(=O)c2cc(N)cc(Br)c2)n1. The first kappa shape index (κ1) is 14.0. The van der Waals surface area contributed by atoms with Crippen molar-refractivity contribution in [3.8, 4) is 0 Å². The molecule has 0 radical (unpaired) electrons. The van der Waals surface area contributed by atoms with Gasteiger partial charge in [0.2, 0.25) is 0 Å². The highest BCUT2D eigenvalue weighted by molar-refractivity contribution is 9.10. The van der Waals surface area contributed by atoms with Crippen LogP contribution in [0.1, 0.15) is 21.1 Å². The summed E-state index contributed by atoms with van der Waals surface area (Å²) in [5, 5.41) is 5.90. The maximum absolute atomic E-state index is 11.9. The van der Waals surface area contributed by atoms with Crippen LogP contribution in [0.15, 0.2) is 28.1 Å². The van der Waals surface area contributed by atoms with Crippen molar-refractivity contribution in [3.63, 3.8) is 0 Å². The predicted molar refractivity (Wildman–Crippen MR) is 81.4 cm³/mol. The summed E-state index contributed by atoms with van der Waals surface area (Å²) >= 11 is 4.93. The standard InChI is InChI=1S/C13H14BrN3OS/c1-8-7-19-12(17-8)2-3-16-13(18)9-4-10(14)6-11(15)5-9/h4-7H,2-3,15H2,1H3,(H,16,18). The minimum absolute atomic E-state index is 0.124. The summed E-state index contributed by atoms with van der Waals surface area (Å²) < 4.78 is 0.799. The van der Waals surface area contributed by atoms with Gasteiger partial charge in [0, 0.05) is 39.8 Å². The van der Waals surface area contributed by atoms with Gasteiger partial charge in [-0.05, 0) is 25.1 Å². The number of rotatable bonds is 4. The number of nitrogen functional groups attached to an aromatic ring is 1. The van der Waals surface area contributed by atoms with E-state index in [1.807, 2.05) is 12.3 Å². The molecule has 19 heavy (non-hydrogen) atoms. The Morgan fingerprint density at radius 3 is 2.89 bits per heavy atom. The highest BCUT2D eigenvalue weighted by Gasteiger charge is 2.07. The number of hydrogen-bond donors (Lipinski definition) is 2. The number of nitrogens with one attached hydrogen (secondary N) is 1. The molecule has 0 atom stereocenters. The van der Waals surface area contributed by atoms with Crippen LogP contribution in [0.3, 0.4) is 0 Å². The third-order valence-corrected chi connectivity index (χ3v) is 3.96. The highest BCUT2D eigenvalue weighted by Crippen LogP contribution is 2.17. The van der Waals surface area contributed by atoms with Gasteiger partial charge in [0.15, 0.2) is 0 Å². The van der Waals surface area contributed by atoms with Gasteiger partial charge in [-0.3, -0.25) is 4.79 Å². The molecule has 0 bridgehead atoms. The number of nitrogens with two attached hydrogens (primary N) is 1. The summed E-state index contributed by atoms with van der Waals surface area (Å²) in [5.74, 6) is -0.124. The van der Waals surface area contributed by atoms with Crippen LogP contribution in [0.5, 0.6) is 0 Å². The molecular weight excluding hydrogens is 326 g/mol. The molecule has 0 aliphatic heterocycles. The van der Waals surface area contributed by atoms with Gasteiger partial charge in [-0.25, -0.2) is 4.98 Å². The molecule has 2 aromatic rings. The van der Waals surface area contributed by atoms with E-state index >= 15 is 0 Å². The average Bonchev–Trinajstić information content (AvgIpc) is 2.73. The number of carbonyl (C=O) groups is 1. The number of benzene rings is 1. The Morgan fingerprint density at radius 2 is 2.26 bits per heavy atom. The van der Waals surface area contributed by atoms with E-state index in [2.05, 4.69) is 26.2 Å². The van der Waals surface area contributed by atoms with Gasteiger partial charge in [-0.15, -0.1) is 11.3 Å².